The van der Waals surface area contributed by atoms with Crippen molar-refractivity contribution in [1.29, 1.82) is 0 Å². The van der Waals surface area contributed by atoms with Crippen LogP contribution >= 0.6 is 15.9 Å². The minimum absolute atomic E-state index is 0. The van der Waals surface area contributed by atoms with Gasteiger partial charge in [0.2, 0.25) is 0 Å². The molecule has 1 nitrogen and oxygen atoms in total. The largest absolute Gasteiger partial charge is 0.460 e. The molecule has 1 aliphatic heterocycles. The van der Waals surface area contributed by atoms with Gasteiger partial charge in [-0.05, 0) is 7.05 Å². The van der Waals surface area contributed by atoms with Gasteiger partial charge in [-0.2, -0.15) is 0 Å². The second kappa shape index (κ2) is 4.53. The summed E-state index contributed by atoms with van der Waals surface area (Å²) < 4.78 is 13.3. The molecule has 11 heavy (non-hydrogen) atoms. The van der Waals surface area contributed by atoms with Crippen LogP contribution in [0.4, 0.5) is 4.39 Å². The molecular weight excluding hydrogens is 286 g/mol. The fraction of sp³-hybridized carbons (Fsp3) is 0.143. The first kappa shape index (κ1) is 11.5. The Balaban J connectivity index is 0.000001000. The first-order valence-electron chi connectivity index (χ1n) is 2.70. The molecule has 0 aliphatic carbocycles. The third kappa shape index (κ3) is 2.81. The van der Waals surface area contributed by atoms with Crippen LogP contribution in [0.2, 0.25) is 0 Å². The van der Waals surface area contributed by atoms with Gasteiger partial charge in [0.25, 0.3) is 0 Å². The van der Waals surface area contributed by atoms with Gasteiger partial charge < -0.3 is 4.90 Å². The van der Waals surface area contributed by atoms with Gasteiger partial charge in [0.1, 0.15) is 0 Å². The van der Waals surface area contributed by atoms with E-state index in [1.54, 1.807) is 13.2 Å². The Morgan fingerprint density at radius 3 is 2.73 bits per heavy atom. The summed E-state index contributed by atoms with van der Waals surface area (Å²) in [6, 6.07) is 0. The van der Waals surface area contributed by atoms with E-state index in [1.807, 2.05) is 0 Å². The van der Waals surface area contributed by atoms with E-state index < -0.39 is 5.83 Å². The van der Waals surface area contributed by atoms with Crippen molar-refractivity contribution in [3.05, 3.63) is 34.9 Å². The van der Waals surface area contributed by atoms with E-state index in [0.717, 1.165) is 0 Å². The van der Waals surface area contributed by atoms with Gasteiger partial charge >= 0.3 is 0 Å². The quantitative estimate of drug-likeness (QED) is 0.619. The smallest absolute Gasteiger partial charge is 0.0352 e. The normalized spacial score (nSPS) is 17.0. The minimum Gasteiger partial charge on any atom is -0.460 e. The summed E-state index contributed by atoms with van der Waals surface area (Å²) in [6.45, 7) is 3.49. The summed E-state index contributed by atoms with van der Waals surface area (Å²) in [4.78, 5) is 1.51. The Bertz CT molecular complexity index is 213. The van der Waals surface area contributed by atoms with Crippen LogP contribution in [0, 0.1) is 6.20 Å². The number of allylic oxidation sites excluding steroid dienone is 3. The fourth-order valence-corrected chi connectivity index (χ4v) is 1.09. The zero-order valence-corrected chi connectivity index (χ0v) is 10.5. The van der Waals surface area contributed by atoms with Gasteiger partial charge in [-0.1, -0.05) is 38.4 Å². The predicted octanol–water partition coefficient (Wildman–Crippen LogP) is 2.34. The molecule has 0 aromatic rings. The monoisotopic (exact) mass is 291 g/mol. The van der Waals surface area contributed by atoms with E-state index in [2.05, 4.69) is 28.7 Å². The molecule has 1 aliphatic rings. The molecule has 0 aromatic carbocycles. The Hall–Kier alpha value is 0.534. The Labute approximate surface area is 99.0 Å². The molecule has 1 radical (unpaired) electrons. The summed E-state index contributed by atoms with van der Waals surface area (Å²) in [6.07, 6.45) is 4.14. The predicted molar refractivity (Wildman–Crippen MR) is 41.8 cm³/mol. The molecule has 0 fully saturated rings. The van der Waals surface area contributed by atoms with Crippen molar-refractivity contribution < 1.29 is 37.1 Å². The Kier molecular flexibility index (Phi) is 4.75. The van der Waals surface area contributed by atoms with Gasteiger partial charge in [-0.25, -0.2) is 4.39 Å². The van der Waals surface area contributed by atoms with Crippen LogP contribution in [0.3, 0.4) is 0 Å². The van der Waals surface area contributed by atoms with Crippen molar-refractivity contribution in [2.75, 3.05) is 7.05 Å². The van der Waals surface area contributed by atoms with Crippen LogP contribution in [0.5, 0.6) is 0 Å². The summed E-state index contributed by atoms with van der Waals surface area (Å²) in [5, 5.41) is 0. The Morgan fingerprint density at radius 2 is 2.27 bits per heavy atom. The van der Waals surface area contributed by atoms with Crippen LogP contribution in [-0.2, 0) is 32.7 Å². The third-order valence-corrected chi connectivity index (χ3v) is 1.82. The number of rotatable bonds is 0. The summed E-state index contributed by atoms with van der Waals surface area (Å²) >= 11 is 3.15. The second-order valence-electron chi connectivity index (χ2n) is 1.99. The van der Waals surface area contributed by atoms with Crippen LogP contribution < -0.4 is 0 Å². The summed E-state index contributed by atoms with van der Waals surface area (Å²) in [7, 11) is 1.70. The molecule has 0 saturated heterocycles. The molecule has 1 rings (SSSR count). The van der Waals surface area contributed by atoms with Crippen molar-refractivity contribution in [3.8, 4) is 0 Å². The summed E-state index contributed by atoms with van der Waals surface area (Å²) in [5.41, 5.74) is 0.345. The molecule has 1 heterocycles. The maximum Gasteiger partial charge on any atom is 0.0352 e. The van der Waals surface area contributed by atoms with Gasteiger partial charge in [-0.15, -0.1) is 6.58 Å². The number of nitrogens with zero attached hydrogens (tertiary/aromatic N) is 1. The molecule has 0 amide bonds. The number of halogens is 2. The van der Waals surface area contributed by atoms with Gasteiger partial charge in [0, 0.05) is 38.5 Å². The zero-order chi connectivity index (χ0) is 7.72. The molecule has 57 valence electrons. The summed E-state index contributed by atoms with van der Waals surface area (Å²) in [5.74, 6) is -0.420. The van der Waals surface area contributed by atoms with Crippen molar-refractivity contribution in [2.45, 2.75) is 0 Å². The Morgan fingerprint density at radius 1 is 1.73 bits per heavy atom. The first-order chi connectivity index (χ1) is 4.61. The average Bonchev–Trinajstić information content (AvgIpc) is 1.82. The maximum atomic E-state index is 12.7. The molecule has 0 N–H and O–H groups in total. The van der Waals surface area contributed by atoms with Gasteiger partial charge in [-0.3, -0.25) is 0 Å². The molecule has 0 aromatic heterocycles. The van der Waals surface area contributed by atoms with E-state index in [-0.39, 0.29) is 32.7 Å². The third-order valence-electron chi connectivity index (χ3n) is 1.13. The van der Waals surface area contributed by atoms with Crippen LogP contribution in [0.1, 0.15) is 0 Å². The molecule has 0 unspecified atom stereocenters. The molecular formula is C7H6BrFNY-. The number of hydrogen-bond acceptors (Lipinski definition) is 1. The topological polar surface area (TPSA) is 3.24 Å². The minimum atomic E-state index is -0.420. The van der Waals surface area contributed by atoms with Gasteiger partial charge in [0.05, 0.1) is 0 Å². The van der Waals surface area contributed by atoms with Crippen molar-refractivity contribution in [3.63, 3.8) is 0 Å². The molecule has 4 heteroatoms. The molecule has 0 spiro atoms. The van der Waals surface area contributed by atoms with E-state index in [4.69, 9.17) is 0 Å². The van der Waals surface area contributed by atoms with E-state index in [0.29, 0.717) is 10.1 Å². The molecule has 0 saturated carbocycles. The fourth-order valence-electron chi connectivity index (χ4n) is 0.607. The van der Waals surface area contributed by atoms with Crippen LogP contribution in [-0.4, -0.2) is 11.9 Å². The second-order valence-corrected chi connectivity index (χ2v) is 2.85. The van der Waals surface area contributed by atoms with Crippen molar-refractivity contribution >= 4 is 15.9 Å². The maximum absolute atomic E-state index is 12.7. The standard InChI is InChI=1S/C7H6BrFN.Y/c1-5-6(8)3-10(2)4-7(5)9;/h3H,1H2,2H3;/q-1;. The van der Waals surface area contributed by atoms with Crippen molar-refractivity contribution in [2.24, 2.45) is 0 Å². The number of hydrogen-bond donors (Lipinski definition) is 0. The van der Waals surface area contributed by atoms with Crippen LogP contribution in [0.15, 0.2) is 28.7 Å². The SMILES string of the molecule is C=C1C(F)=[C-]N(C)C=C1Br.[Y]. The van der Waals surface area contributed by atoms with Crippen molar-refractivity contribution in [1.82, 2.24) is 4.90 Å². The zero-order valence-electron chi connectivity index (χ0n) is 6.06. The van der Waals surface area contributed by atoms with E-state index in [9.17, 15) is 4.39 Å². The van der Waals surface area contributed by atoms with Crippen LogP contribution in [0.25, 0.3) is 0 Å². The van der Waals surface area contributed by atoms with E-state index >= 15 is 0 Å². The van der Waals surface area contributed by atoms with Gasteiger partial charge in [0.15, 0.2) is 0 Å². The molecule has 0 atom stereocenters. The average molecular weight is 292 g/mol. The first-order valence-corrected chi connectivity index (χ1v) is 3.49. The molecule has 0 bridgehead atoms. The van der Waals surface area contributed by atoms with E-state index in [1.165, 1.54) is 4.90 Å².